The van der Waals surface area contributed by atoms with E-state index in [0.29, 0.717) is 12.1 Å². The first-order valence-electron chi connectivity index (χ1n) is 6.68. The Labute approximate surface area is 132 Å². The fraction of sp³-hybridized carbons (Fsp3) is 0.500. The van der Waals surface area contributed by atoms with Gasteiger partial charge in [-0.2, -0.15) is 5.26 Å². The zero-order valence-corrected chi connectivity index (χ0v) is 13.7. The Kier molecular flexibility index (Phi) is 6.17. The Bertz CT molecular complexity index is 640. The summed E-state index contributed by atoms with van der Waals surface area (Å²) in [5, 5.41) is 12.4. The van der Waals surface area contributed by atoms with Crippen molar-refractivity contribution in [2.24, 2.45) is 5.92 Å². The van der Waals surface area contributed by atoms with E-state index in [1.54, 1.807) is 19.1 Å². The molecule has 2 atom stereocenters. The van der Waals surface area contributed by atoms with E-state index < -0.39 is 10.0 Å². The molecule has 0 radical (unpaired) electrons. The second kappa shape index (κ2) is 7.23. The number of hydrogen-bond donors (Lipinski definition) is 2. The molecule has 2 N–H and O–H groups in total. The van der Waals surface area contributed by atoms with Crippen molar-refractivity contribution in [3.05, 3.63) is 29.3 Å². The van der Waals surface area contributed by atoms with Crippen molar-refractivity contribution in [3.8, 4) is 6.07 Å². The van der Waals surface area contributed by atoms with Crippen LogP contribution in [0.3, 0.4) is 0 Å². The maximum Gasteiger partial charge on any atom is 0.242 e. The Balaban J connectivity index is 0.00000220. The summed E-state index contributed by atoms with van der Waals surface area (Å²) in [6.07, 6.45) is 0.937. The molecule has 5 nitrogen and oxygen atoms in total. The van der Waals surface area contributed by atoms with Crippen molar-refractivity contribution in [2.75, 3.05) is 13.1 Å². The molecular weight excluding hydrogens is 310 g/mol. The Hall–Kier alpha value is -1.13. The first kappa shape index (κ1) is 17.9. The minimum atomic E-state index is -3.67. The topological polar surface area (TPSA) is 82.0 Å². The zero-order valence-electron chi connectivity index (χ0n) is 12.1. The average molecular weight is 330 g/mol. The van der Waals surface area contributed by atoms with Gasteiger partial charge in [0.25, 0.3) is 0 Å². The molecule has 1 aromatic carbocycles. The largest absolute Gasteiger partial charge is 0.315 e. The van der Waals surface area contributed by atoms with Gasteiger partial charge in [-0.1, -0.05) is 19.1 Å². The highest BCUT2D eigenvalue weighted by atomic mass is 35.5. The smallest absolute Gasteiger partial charge is 0.242 e. The molecule has 0 spiro atoms. The number of benzene rings is 1. The van der Waals surface area contributed by atoms with Gasteiger partial charge in [0, 0.05) is 12.6 Å². The highest BCUT2D eigenvalue weighted by molar-refractivity contribution is 7.89. The minimum absolute atomic E-state index is 0. The fourth-order valence-electron chi connectivity index (χ4n) is 2.42. The van der Waals surface area contributed by atoms with Crippen molar-refractivity contribution < 1.29 is 8.42 Å². The molecule has 1 saturated heterocycles. The van der Waals surface area contributed by atoms with Gasteiger partial charge in [0.05, 0.1) is 5.56 Å². The molecule has 1 heterocycles. The van der Waals surface area contributed by atoms with Crippen LogP contribution in [0.15, 0.2) is 23.1 Å². The van der Waals surface area contributed by atoms with Crippen LogP contribution >= 0.6 is 12.4 Å². The molecule has 7 heteroatoms. The van der Waals surface area contributed by atoms with E-state index in [4.69, 9.17) is 5.26 Å². The van der Waals surface area contributed by atoms with Gasteiger partial charge >= 0.3 is 0 Å². The summed E-state index contributed by atoms with van der Waals surface area (Å²) in [4.78, 5) is 0.0674. The van der Waals surface area contributed by atoms with E-state index in [-0.39, 0.29) is 34.8 Å². The van der Waals surface area contributed by atoms with Gasteiger partial charge in [-0.15, -0.1) is 12.4 Å². The van der Waals surface area contributed by atoms with E-state index in [0.717, 1.165) is 13.0 Å². The molecular formula is C14H20ClN3O2S. The van der Waals surface area contributed by atoms with Crippen molar-refractivity contribution in [2.45, 2.75) is 31.2 Å². The van der Waals surface area contributed by atoms with Gasteiger partial charge in [-0.3, -0.25) is 0 Å². The van der Waals surface area contributed by atoms with Gasteiger partial charge < -0.3 is 5.32 Å². The fourth-order valence-corrected chi connectivity index (χ4v) is 3.99. The highest BCUT2D eigenvalue weighted by Crippen LogP contribution is 2.20. The maximum absolute atomic E-state index is 12.5. The van der Waals surface area contributed by atoms with Crippen LogP contribution < -0.4 is 10.0 Å². The van der Waals surface area contributed by atoms with Crippen molar-refractivity contribution >= 4 is 22.4 Å². The normalized spacial score (nSPS) is 22.1. The highest BCUT2D eigenvalue weighted by Gasteiger charge is 2.28. The molecule has 1 aliphatic rings. The maximum atomic E-state index is 12.5. The second-order valence-electron chi connectivity index (χ2n) is 5.26. The molecule has 1 aromatic rings. The number of piperidine rings is 1. The first-order chi connectivity index (χ1) is 9.45. The number of hydrogen-bond acceptors (Lipinski definition) is 4. The predicted molar refractivity (Wildman–Crippen MR) is 83.9 cm³/mol. The predicted octanol–water partition coefficient (Wildman–Crippen LogP) is 1.56. The van der Waals surface area contributed by atoms with Crippen LogP contribution in [-0.2, 0) is 10.0 Å². The molecule has 2 rings (SSSR count). The third-order valence-electron chi connectivity index (χ3n) is 3.77. The molecule has 2 unspecified atom stereocenters. The van der Waals surface area contributed by atoms with Crippen molar-refractivity contribution in [1.82, 2.24) is 10.0 Å². The summed E-state index contributed by atoms with van der Waals surface area (Å²) in [6.45, 7) is 5.30. The molecule has 0 amide bonds. The number of sulfonamides is 1. The number of nitriles is 1. The van der Waals surface area contributed by atoms with Gasteiger partial charge in [0.2, 0.25) is 10.0 Å². The van der Waals surface area contributed by atoms with Gasteiger partial charge in [-0.05, 0) is 37.4 Å². The number of halogens is 1. The summed E-state index contributed by atoms with van der Waals surface area (Å²) in [5.74, 6) is 0.279. The number of aryl methyl sites for hydroxylation is 1. The van der Waals surface area contributed by atoms with E-state index >= 15 is 0 Å². The van der Waals surface area contributed by atoms with Crippen molar-refractivity contribution in [3.63, 3.8) is 0 Å². The van der Waals surface area contributed by atoms with Crippen LogP contribution in [0.25, 0.3) is 0 Å². The summed E-state index contributed by atoms with van der Waals surface area (Å²) in [6, 6.07) is 6.72. The second-order valence-corrected chi connectivity index (χ2v) is 6.94. The van der Waals surface area contributed by atoms with Crippen LogP contribution in [0.5, 0.6) is 0 Å². The van der Waals surface area contributed by atoms with E-state index in [1.807, 2.05) is 13.0 Å². The minimum Gasteiger partial charge on any atom is -0.315 e. The lowest BCUT2D eigenvalue weighted by molar-refractivity contribution is 0.327. The molecule has 0 bridgehead atoms. The van der Waals surface area contributed by atoms with Gasteiger partial charge in [0.1, 0.15) is 11.0 Å². The summed E-state index contributed by atoms with van der Waals surface area (Å²) >= 11 is 0. The summed E-state index contributed by atoms with van der Waals surface area (Å²) in [5.41, 5.74) is 0.890. The molecule has 21 heavy (non-hydrogen) atoms. The lowest BCUT2D eigenvalue weighted by Crippen LogP contribution is -2.50. The average Bonchev–Trinajstić information content (AvgIpc) is 2.41. The number of rotatable bonds is 3. The third kappa shape index (κ3) is 3.95. The zero-order chi connectivity index (χ0) is 14.8. The molecule has 0 aromatic heterocycles. The number of nitrogens with zero attached hydrogens (tertiary/aromatic N) is 1. The Morgan fingerprint density at radius 1 is 1.43 bits per heavy atom. The van der Waals surface area contributed by atoms with E-state index in [2.05, 4.69) is 10.0 Å². The van der Waals surface area contributed by atoms with Crippen LogP contribution in [-0.4, -0.2) is 27.5 Å². The third-order valence-corrected chi connectivity index (χ3v) is 5.30. The SMILES string of the molecule is Cc1cccc(S(=O)(=O)NC2CNCCC2C)c1C#N.Cl. The summed E-state index contributed by atoms with van der Waals surface area (Å²) < 4.78 is 27.7. The molecule has 1 fully saturated rings. The molecule has 1 aliphatic heterocycles. The number of nitrogens with one attached hydrogen (secondary N) is 2. The lowest BCUT2D eigenvalue weighted by Gasteiger charge is -2.30. The quantitative estimate of drug-likeness (QED) is 0.881. The Morgan fingerprint density at radius 2 is 2.14 bits per heavy atom. The Morgan fingerprint density at radius 3 is 2.76 bits per heavy atom. The molecule has 0 aliphatic carbocycles. The lowest BCUT2D eigenvalue weighted by atomic mass is 9.96. The van der Waals surface area contributed by atoms with Crippen molar-refractivity contribution in [1.29, 1.82) is 5.26 Å². The standard InChI is InChI=1S/C14H19N3O2S.ClH/c1-10-4-3-5-14(12(10)8-15)20(18,19)17-13-9-16-7-6-11(13)2;/h3-5,11,13,16-17H,6-7,9H2,1-2H3;1H. The first-order valence-corrected chi connectivity index (χ1v) is 8.17. The van der Waals surface area contributed by atoms with Gasteiger partial charge in [-0.25, -0.2) is 13.1 Å². The van der Waals surface area contributed by atoms with Gasteiger partial charge in [0.15, 0.2) is 0 Å². The molecule has 116 valence electrons. The van der Waals surface area contributed by atoms with Crippen LogP contribution in [0.4, 0.5) is 0 Å². The summed E-state index contributed by atoms with van der Waals surface area (Å²) in [7, 11) is -3.67. The molecule has 0 saturated carbocycles. The van der Waals surface area contributed by atoms with Crippen LogP contribution in [0.2, 0.25) is 0 Å². The monoisotopic (exact) mass is 329 g/mol. The van der Waals surface area contributed by atoms with Crippen LogP contribution in [0, 0.1) is 24.2 Å². The van der Waals surface area contributed by atoms with E-state index in [9.17, 15) is 8.42 Å². The van der Waals surface area contributed by atoms with E-state index in [1.165, 1.54) is 6.07 Å². The van der Waals surface area contributed by atoms with Crippen LogP contribution in [0.1, 0.15) is 24.5 Å².